The number of hydrogen-bond donors (Lipinski definition) is 1. The third-order valence-corrected chi connectivity index (χ3v) is 1.88. The Morgan fingerprint density at radius 2 is 2.33 bits per heavy atom. The molecular weight excluding hydrogens is 214 g/mol. The minimum atomic E-state index is -0.461. The summed E-state index contributed by atoms with van der Waals surface area (Å²) in [6.07, 6.45) is 0. The molecule has 0 spiro atoms. The second-order valence-electron chi connectivity index (χ2n) is 2.83. The molecule has 0 bridgehead atoms. The molecule has 0 aromatic heterocycles. The second-order valence-corrected chi connectivity index (χ2v) is 3.27. The van der Waals surface area contributed by atoms with Crippen LogP contribution in [-0.2, 0) is 9.53 Å². The molecule has 0 atom stereocenters. The number of benzene rings is 1. The van der Waals surface area contributed by atoms with E-state index in [0.29, 0.717) is 17.3 Å². The van der Waals surface area contributed by atoms with Crippen LogP contribution in [0.25, 0.3) is 0 Å². The van der Waals surface area contributed by atoms with E-state index in [0.717, 1.165) is 0 Å². The van der Waals surface area contributed by atoms with Crippen molar-refractivity contribution in [2.75, 3.05) is 11.9 Å². The van der Waals surface area contributed by atoms with Gasteiger partial charge in [0, 0.05) is 10.7 Å². The van der Waals surface area contributed by atoms with E-state index in [2.05, 4.69) is 11.9 Å². The number of nitrogens with one attached hydrogen (secondary N) is 1. The fourth-order valence-corrected chi connectivity index (χ4v) is 1.20. The molecule has 1 aromatic carbocycles. The quantitative estimate of drug-likeness (QED) is 0.633. The minimum Gasteiger partial charge on any atom is -0.461 e. The Hall–Kier alpha value is -1.48. The lowest BCUT2D eigenvalue weighted by Gasteiger charge is -2.08. The van der Waals surface area contributed by atoms with Gasteiger partial charge in [-0.2, -0.15) is 0 Å². The molecule has 0 radical (unpaired) electrons. The molecule has 0 aliphatic heterocycles. The van der Waals surface area contributed by atoms with Crippen molar-refractivity contribution in [1.29, 1.82) is 0 Å². The molecule has 0 saturated carbocycles. The van der Waals surface area contributed by atoms with Gasteiger partial charge < -0.3 is 10.1 Å². The summed E-state index contributed by atoms with van der Waals surface area (Å²) >= 11 is 5.78. The molecule has 4 heteroatoms. The summed E-state index contributed by atoms with van der Waals surface area (Å²) < 4.78 is 4.77. The fraction of sp³-hybridized carbons (Fsp3) is 0.182. The van der Waals surface area contributed by atoms with Crippen LogP contribution in [0.2, 0.25) is 5.02 Å². The highest BCUT2D eigenvalue weighted by Crippen LogP contribution is 2.16. The summed E-state index contributed by atoms with van der Waals surface area (Å²) in [6, 6.07) is 7.02. The monoisotopic (exact) mass is 225 g/mol. The van der Waals surface area contributed by atoms with Crippen molar-refractivity contribution in [3.8, 4) is 0 Å². The molecule has 0 unspecified atom stereocenters. The molecule has 1 aromatic rings. The largest absolute Gasteiger partial charge is 0.461 e. The Morgan fingerprint density at radius 3 is 2.93 bits per heavy atom. The summed E-state index contributed by atoms with van der Waals surface area (Å²) in [5.41, 5.74) is 0.902. The van der Waals surface area contributed by atoms with E-state index in [1.165, 1.54) is 0 Å². The lowest BCUT2D eigenvalue weighted by atomic mass is 10.3. The Balaban J connectivity index is 2.62. The van der Waals surface area contributed by atoms with Crippen molar-refractivity contribution in [2.24, 2.45) is 0 Å². The first-order chi connectivity index (χ1) is 7.13. The van der Waals surface area contributed by atoms with Gasteiger partial charge in [-0.25, -0.2) is 4.79 Å². The number of esters is 1. The van der Waals surface area contributed by atoms with E-state index in [4.69, 9.17) is 16.3 Å². The normalized spacial score (nSPS) is 9.47. The summed E-state index contributed by atoms with van der Waals surface area (Å²) in [5, 5.41) is 3.41. The average Bonchev–Trinajstić information content (AvgIpc) is 2.18. The van der Waals surface area contributed by atoms with Crippen molar-refractivity contribution in [2.45, 2.75) is 6.92 Å². The van der Waals surface area contributed by atoms with Crippen molar-refractivity contribution in [1.82, 2.24) is 0 Å². The zero-order valence-corrected chi connectivity index (χ0v) is 9.17. The molecule has 0 aliphatic carbocycles. The van der Waals surface area contributed by atoms with E-state index in [1.807, 2.05) is 0 Å². The van der Waals surface area contributed by atoms with Gasteiger partial charge in [-0.3, -0.25) is 0 Å². The Morgan fingerprint density at radius 1 is 1.60 bits per heavy atom. The van der Waals surface area contributed by atoms with Gasteiger partial charge in [0.05, 0.1) is 6.61 Å². The van der Waals surface area contributed by atoms with Crippen LogP contribution in [0, 0.1) is 0 Å². The molecule has 0 saturated heterocycles. The molecule has 0 amide bonds. The van der Waals surface area contributed by atoms with Gasteiger partial charge >= 0.3 is 5.97 Å². The predicted molar refractivity (Wildman–Crippen MR) is 60.8 cm³/mol. The average molecular weight is 226 g/mol. The highest BCUT2D eigenvalue weighted by molar-refractivity contribution is 6.30. The smallest absolute Gasteiger partial charge is 0.354 e. The number of hydrogen-bond acceptors (Lipinski definition) is 3. The summed E-state index contributed by atoms with van der Waals surface area (Å²) in [6.45, 7) is 5.64. The van der Waals surface area contributed by atoms with Crippen molar-refractivity contribution < 1.29 is 9.53 Å². The topological polar surface area (TPSA) is 38.3 Å². The van der Waals surface area contributed by atoms with Gasteiger partial charge in [0.1, 0.15) is 5.70 Å². The highest BCUT2D eigenvalue weighted by atomic mass is 35.5. The third-order valence-electron chi connectivity index (χ3n) is 1.64. The molecule has 3 nitrogen and oxygen atoms in total. The highest BCUT2D eigenvalue weighted by Gasteiger charge is 2.07. The molecule has 0 heterocycles. The maximum atomic E-state index is 11.2. The first kappa shape index (κ1) is 11.6. The number of halogens is 1. The van der Waals surface area contributed by atoms with Crippen LogP contribution in [0.3, 0.4) is 0 Å². The number of carbonyl (C=O) groups is 1. The Bertz CT molecular complexity index is 377. The minimum absolute atomic E-state index is 0.194. The van der Waals surface area contributed by atoms with Gasteiger partial charge in [-0.15, -0.1) is 0 Å². The molecule has 15 heavy (non-hydrogen) atoms. The van der Waals surface area contributed by atoms with Crippen LogP contribution >= 0.6 is 11.6 Å². The molecule has 0 fully saturated rings. The molecule has 1 rings (SSSR count). The number of anilines is 1. The second kappa shape index (κ2) is 5.41. The van der Waals surface area contributed by atoms with E-state index in [9.17, 15) is 4.79 Å². The Kier molecular flexibility index (Phi) is 4.18. The van der Waals surface area contributed by atoms with Crippen LogP contribution in [0.15, 0.2) is 36.5 Å². The SMILES string of the molecule is C=C(Nc1cccc(Cl)c1)C(=O)OCC. The molecular formula is C11H12ClNO2. The third kappa shape index (κ3) is 3.64. The lowest BCUT2D eigenvalue weighted by molar-refractivity contribution is -0.138. The molecule has 0 aliphatic rings. The van der Waals surface area contributed by atoms with E-state index in [1.54, 1.807) is 31.2 Å². The van der Waals surface area contributed by atoms with E-state index < -0.39 is 5.97 Å². The van der Waals surface area contributed by atoms with Crippen LogP contribution in [0.4, 0.5) is 5.69 Å². The van der Waals surface area contributed by atoms with Crippen LogP contribution in [0.1, 0.15) is 6.92 Å². The van der Waals surface area contributed by atoms with Gasteiger partial charge in [0.15, 0.2) is 0 Å². The first-order valence-corrected chi connectivity index (χ1v) is 4.90. The zero-order valence-electron chi connectivity index (χ0n) is 8.42. The Labute approximate surface area is 93.7 Å². The maximum absolute atomic E-state index is 11.2. The van der Waals surface area contributed by atoms with Crippen molar-refractivity contribution >= 4 is 23.3 Å². The summed E-state index contributed by atoms with van der Waals surface area (Å²) in [7, 11) is 0. The lowest BCUT2D eigenvalue weighted by Crippen LogP contribution is -2.13. The predicted octanol–water partition coefficient (Wildman–Crippen LogP) is 2.83. The fourth-order valence-electron chi connectivity index (χ4n) is 1.01. The van der Waals surface area contributed by atoms with Gasteiger partial charge in [0.2, 0.25) is 0 Å². The van der Waals surface area contributed by atoms with Crippen molar-refractivity contribution in [3.05, 3.63) is 41.6 Å². The van der Waals surface area contributed by atoms with Crippen LogP contribution < -0.4 is 5.32 Å². The first-order valence-electron chi connectivity index (χ1n) is 4.52. The van der Waals surface area contributed by atoms with Gasteiger partial charge in [0.25, 0.3) is 0 Å². The van der Waals surface area contributed by atoms with Crippen molar-refractivity contribution in [3.63, 3.8) is 0 Å². The van der Waals surface area contributed by atoms with Gasteiger partial charge in [-0.1, -0.05) is 24.2 Å². The van der Waals surface area contributed by atoms with Crippen LogP contribution in [-0.4, -0.2) is 12.6 Å². The molecule has 80 valence electrons. The molecule has 1 N–H and O–H groups in total. The van der Waals surface area contributed by atoms with Gasteiger partial charge in [-0.05, 0) is 25.1 Å². The summed E-state index contributed by atoms with van der Waals surface area (Å²) in [4.78, 5) is 11.2. The zero-order chi connectivity index (χ0) is 11.3. The maximum Gasteiger partial charge on any atom is 0.354 e. The van der Waals surface area contributed by atoms with Crippen LogP contribution in [0.5, 0.6) is 0 Å². The number of carbonyl (C=O) groups excluding carboxylic acids is 1. The number of ether oxygens (including phenoxy) is 1. The van der Waals surface area contributed by atoms with E-state index >= 15 is 0 Å². The standard InChI is InChI=1S/C11H12ClNO2/c1-3-15-11(14)8(2)13-10-6-4-5-9(12)7-10/h4-7,13H,2-3H2,1H3. The number of rotatable bonds is 4. The van der Waals surface area contributed by atoms with E-state index in [-0.39, 0.29) is 5.70 Å². The summed E-state index contributed by atoms with van der Waals surface area (Å²) in [5.74, 6) is -0.461.